The van der Waals surface area contributed by atoms with Crippen molar-refractivity contribution in [1.82, 2.24) is 0 Å². The molecule has 2 N–H and O–H groups in total. The smallest absolute Gasteiger partial charge is 0.161 e. The van der Waals surface area contributed by atoms with Crippen LogP contribution in [0.2, 0.25) is 0 Å². The molecule has 0 aliphatic carbocycles. The molecule has 3 nitrogen and oxygen atoms in total. The molecule has 0 bridgehead atoms. The fraction of sp³-hybridized carbons (Fsp3) is 0.222. The molecule has 0 saturated heterocycles. The number of rotatable bonds is 7. The van der Waals surface area contributed by atoms with Crippen LogP contribution in [0, 0.1) is 0 Å². The number of hydrogen-bond donors (Lipinski definition) is 1. The van der Waals surface area contributed by atoms with Crippen LogP contribution in [0.4, 0.5) is 0 Å². The Morgan fingerprint density at radius 3 is 2.29 bits per heavy atom. The zero-order valence-corrected chi connectivity index (χ0v) is 12.3. The molecule has 110 valence electrons. The van der Waals surface area contributed by atoms with E-state index in [0.717, 1.165) is 34.6 Å². The summed E-state index contributed by atoms with van der Waals surface area (Å²) in [4.78, 5) is 0. The molecule has 0 heterocycles. The van der Waals surface area contributed by atoms with Gasteiger partial charge in [0.05, 0.1) is 7.11 Å². The molecule has 0 aromatic heterocycles. The van der Waals surface area contributed by atoms with Crippen molar-refractivity contribution in [3.05, 3.63) is 71.8 Å². The van der Waals surface area contributed by atoms with Gasteiger partial charge in [0, 0.05) is 6.54 Å². The first-order valence-electron chi connectivity index (χ1n) is 6.95. The van der Waals surface area contributed by atoms with Crippen LogP contribution in [0.25, 0.3) is 0 Å². The Kier molecular flexibility index (Phi) is 5.41. The summed E-state index contributed by atoms with van der Waals surface area (Å²) in [5, 5.41) is 0. The lowest BCUT2D eigenvalue weighted by molar-refractivity contribution is 0.284. The maximum Gasteiger partial charge on any atom is 0.161 e. The first-order chi connectivity index (χ1) is 10.3. The highest BCUT2D eigenvalue weighted by atomic mass is 16.5. The van der Waals surface area contributed by atoms with Gasteiger partial charge >= 0.3 is 0 Å². The highest BCUT2D eigenvalue weighted by molar-refractivity contribution is 5.43. The summed E-state index contributed by atoms with van der Waals surface area (Å²) in [6.07, 6.45) is 2.69. The molecule has 0 saturated carbocycles. The average Bonchev–Trinajstić information content (AvgIpc) is 2.54. The van der Waals surface area contributed by atoms with E-state index in [0.29, 0.717) is 13.2 Å². The highest BCUT2D eigenvalue weighted by Crippen LogP contribution is 2.29. The largest absolute Gasteiger partial charge is 0.493 e. The molecule has 0 amide bonds. The third-order valence-corrected chi connectivity index (χ3v) is 3.26. The van der Waals surface area contributed by atoms with Crippen molar-refractivity contribution in [1.29, 1.82) is 0 Å². The number of allylic oxidation sites excluding steroid dienone is 1. The Labute approximate surface area is 126 Å². The van der Waals surface area contributed by atoms with Crippen molar-refractivity contribution in [3.8, 4) is 11.5 Å². The molecule has 0 atom stereocenters. The fourth-order valence-corrected chi connectivity index (χ4v) is 2.06. The van der Waals surface area contributed by atoms with Crippen molar-refractivity contribution >= 4 is 0 Å². The van der Waals surface area contributed by atoms with Crippen LogP contribution in [0.1, 0.15) is 16.7 Å². The van der Waals surface area contributed by atoms with Crippen LogP contribution < -0.4 is 15.2 Å². The van der Waals surface area contributed by atoms with Gasteiger partial charge in [-0.05, 0) is 35.2 Å². The molecule has 0 aliphatic rings. The normalized spacial score (nSPS) is 10.2. The maximum absolute atomic E-state index is 5.84. The van der Waals surface area contributed by atoms with Gasteiger partial charge in [0.2, 0.25) is 0 Å². The Balaban J connectivity index is 2.06. The van der Waals surface area contributed by atoms with E-state index in [4.69, 9.17) is 15.2 Å². The van der Waals surface area contributed by atoms with Crippen LogP contribution in [-0.2, 0) is 19.6 Å². The molecule has 0 radical (unpaired) electrons. The first-order valence-corrected chi connectivity index (χ1v) is 6.95. The van der Waals surface area contributed by atoms with Crippen LogP contribution >= 0.6 is 0 Å². The third kappa shape index (κ3) is 4.10. The van der Waals surface area contributed by atoms with E-state index in [2.05, 4.69) is 6.58 Å². The predicted molar refractivity (Wildman–Crippen MR) is 85.6 cm³/mol. The van der Waals surface area contributed by atoms with E-state index in [1.54, 1.807) is 7.11 Å². The Hall–Kier alpha value is -2.26. The van der Waals surface area contributed by atoms with Gasteiger partial charge in [-0.2, -0.15) is 0 Å². The van der Waals surface area contributed by atoms with E-state index >= 15 is 0 Å². The third-order valence-electron chi connectivity index (χ3n) is 3.26. The minimum absolute atomic E-state index is 0.502. The van der Waals surface area contributed by atoms with Gasteiger partial charge in [-0.3, -0.25) is 0 Å². The summed E-state index contributed by atoms with van der Waals surface area (Å²) in [6.45, 7) is 4.80. The van der Waals surface area contributed by atoms with Crippen LogP contribution in [0.3, 0.4) is 0 Å². The van der Waals surface area contributed by atoms with Crippen LogP contribution in [0.5, 0.6) is 11.5 Å². The second-order valence-electron chi connectivity index (χ2n) is 4.79. The van der Waals surface area contributed by atoms with Gasteiger partial charge in [0.1, 0.15) is 6.61 Å². The quantitative estimate of drug-likeness (QED) is 0.791. The van der Waals surface area contributed by atoms with Crippen molar-refractivity contribution in [2.45, 2.75) is 19.6 Å². The number of benzene rings is 2. The molecule has 0 spiro atoms. The summed E-state index contributed by atoms with van der Waals surface area (Å²) < 4.78 is 11.2. The van der Waals surface area contributed by atoms with E-state index in [1.165, 1.54) is 0 Å². The van der Waals surface area contributed by atoms with Crippen molar-refractivity contribution in [3.63, 3.8) is 0 Å². The summed E-state index contributed by atoms with van der Waals surface area (Å²) in [5.41, 5.74) is 8.96. The second-order valence-corrected chi connectivity index (χ2v) is 4.79. The minimum atomic E-state index is 0.502. The standard InChI is InChI=1S/C18H21NO2/c1-3-4-14-9-10-17(18(11-14)20-2)21-13-16-7-5-15(12-19)6-8-16/h3,5-11H,1,4,12-13,19H2,2H3. The van der Waals surface area contributed by atoms with E-state index in [9.17, 15) is 0 Å². The molecule has 2 aromatic rings. The number of nitrogens with two attached hydrogens (primary N) is 1. The highest BCUT2D eigenvalue weighted by Gasteiger charge is 2.06. The van der Waals surface area contributed by atoms with Crippen LogP contribution in [0.15, 0.2) is 55.1 Å². The summed E-state index contributed by atoms with van der Waals surface area (Å²) in [7, 11) is 1.65. The lowest BCUT2D eigenvalue weighted by Gasteiger charge is -2.12. The maximum atomic E-state index is 5.84. The molecule has 3 heteroatoms. The SMILES string of the molecule is C=CCc1ccc(OCc2ccc(CN)cc2)c(OC)c1. The van der Waals surface area contributed by atoms with Crippen LogP contribution in [-0.4, -0.2) is 7.11 Å². The average molecular weight is 283 g/mol. The van der Waals surface area contributed by atoms with Crippen molar-refractivity contribution < 1.29 is 9.47 Å². The fourth-order valence-electron chi connectivity index (χ4n) is 2.06. The second kappa shape index (κ2) is 7.50. The predicted octanol–water partition coefficient (Wildman–Crippen LogP) is 3.46. The van der Waals surface area contributed by atoms with E-state index in [1.807, 2.05) is 48.5 Å². The van der Waals surface area contributed by atoms with Gasteiger partial charge in [-0.15, -0.1) is 6.58 Å². The molecular formula is C18H21NO2. The molecule has 0 fully saturated rings. The zero-order valence-electron chi connectivity index (χ0n) is 12.3. The van der Waals surface area contributed by atoms with Crippen molar-refractivity contribution in [2.75, 3.05) is 7.11 Å². The van der Waals surface area contributed by atoms with Crippen molar-refractivity contribution in [2.24, 2.45) is 5.73 Å². The molecule has 2 rings (SSSR count). The zero-order chi connectivity index (χ0) is 15.1. The number of methoxy groups -OCH3 is 1. The lowest BCUT2D eigenvalue weighted by atomic mass is 10.1. The first kappa shape index (κ1) is 15.1. The van der Waals surface area contributed by atoms with Gasteiger partial charge in [-0.1, -0.05) is 36.4 Å². The summed E-state index contributed by atoms with van der Waals surface area (Å²) >= 11 is 0. The molecule has 0 aliphatic heterocycles. The Bertz CT molecular complexity index is 591. The van der Waals surface area contributed by atoms with E-state index < -0.39 is 0 Å². The monoisotopic (exact) mass is 283 g/mol. The van der Waals surface area contributed by atoms with Gasteiger partial charge in [0.25, 0.3) is 0 Å². The minimum Gasteiger partial charge on any atom is -0.493 e. The summed E-state index contributed by atoms with van der Waals surface area (Å²) in [6, 6.07) is 14.0. The number of hydrogen-bond acceptors (Lipinski definition) is 3. The molecule has 0 unspecified atom stereocenters. The van der Waals surface area contributed by atoms with Gasteiger partial charge in [-0.25, -0.2) is 0 Å². The molecular weight excluding hydrogens is 262 g/mol. The molecule has 2 aromatic carbocycles. The lowest BCUT2D eigenvalue weighted by Crippen LogP contribution is -2.00. The van der Waals surface area contributed by atoms with Gasteiger partial charge < -0.3 is 15.2 Å². The Morgan fingerprint density at radius 1 is 1.00 bits per heavy atom. The Morgan fingerprint density at radius 2 is 1.67 bits per heavy atom. The topological polar surface area (TPSA) is 44.5 Å². The van der Waals surface area contributed by atoms with E-state index in [-0.39, 0.29) is 0 Å². The molecule has 21 heavy (non-hydrogen) atoms. The summed E-state index contributed by atoms with van der Waals surface area (Å²) in [5.74, 6) is 1.49. The number of ether oxygens (including phenoxy) is 2. The van der Waals surface area contributed by atoms with Gasteiger partial charge in [0.15, 0.2) is 11.5 Å².